The van der Waals surface area contributed by atoms with Gasteiger partial charge < -0.3 is 15.0 Å². The Morgan fingerprint density at radius 3 is 2.21 bits per heavy atom. The van der Waals surface area contributed by atoms with Gasteiger partial charge >= 0.3 is 0 Å². The van der Waals surface area contributed by atoms with E-state index in [2.05, 4.69) is 10.2 Å². The molecule has 2 fully saturated rings. The van der Waals surface area contributed by atoms with E-state index in [-0.39, 0.29) is 28.5 Å². The van der Waals surface area contributed by atoms with E-state index in [1.165, 1.54) is 27.9 Å². The molecule has 0 radical (unpaired) electrons. The molecule has 10 nitrogen and oxygen atoms in total. The molecule has 0 aliphatic carbocycles. The van der Waals surface area contributed by atoms with Crippen molar-refractivity contribution in [3.05, 3.63) is 47.5 Å². The van der Waals surface area contributed by atoms with Crippen LogP contribution in [0.4, 0.5) is 5.69 Å². The molecule has 0 unspecified atom stereocenters. The smallest absolute Gasteiger partial charge is 0.243 e. The highest BCUT2D eigenvalue weighted by atomic mass is 32.2. The monoisotopic (exact) mass is 564 g/mol. The molecule has 2 heterocycles. The summed E-state index contributed by atoms with van der Waals surface area (Å²) in [6.07, 6.45) is 2.02. The predicted octanol–water partition coefficient (Wildman–Crippen LogP) is 2.30. The third-order valence-electron chi connectivity index (χ3n) is 7.13. The average molecular weight is 565 g/mol. The van der Waals surface area contributed by atoms with Crippen LogP contribution in [0, 0.1) is 6.92 Å². The van der Waals surface area contributed by atoms with Crippen LogP contribution in [0.1, 0.15) is 30.4 Å². The van der Waals surface area contributed by atoms with Gasteiger partial charge in [-0.1, -0.05) is 6.07 Å². The molecule has 2 aromatic rings. The lowest BCUT2D eigenvalue weighted by Gasteiger charge is -2.32. The van der Waals surface area contributed by atoms with Gasteiger partial charge in [-0.05, 0) is 74.7 Å². The minimum Gasteiger partial charge on any atom is -0.496 e. The number of nitrogens with zero attached hydrogens (tertiary/aromatic N) is 3. The largest absolute Gasteiger partial charge is 0.496 e. The summed E-state index contributed by atoms with van der Waals surface area (Å²) in [5.74, 6) is 0.195. The Bertz CT molecular complexity index is 1380. The maximum atomic E-state index is 13.3. The van der Waals surface area contributed by atoms with E-state index in [4.69, 9.17) is 4.74 Å². The Labute approximate surface area is 225 Å². The molecule has 0 bridgehead atoms. The first-order valence-electron chi connectivity index (χ1n) is 12.8. The molecule has 38 heavy (non-hydrogen) atoms. The van der Waals surface area contributed by atoms with Gasteiger partial charge in [0.05, 0.1) is 16.9 Å². The lowest BCUT2D eigenvalue weighted by Crippen LogP contribution is -2.47. The number of ether oxygens (including phenoxy) is 1. The van der Waals surface area contributed by atoms with Crippen LogP contribution in [0.3, 0.4) is 0 Å². The molecular weight excluding hydrogens is 528 g/mol. The summed E-state index contributed by atoms with van der Waals surface area (Å²) in [7, 11) is -3.82. The van der Waals surface area contributed by atoms with Gasteiger partial charge in [-0.15, -0.1) is 0 Å². The number of likely N-dealkylation sites (N-methyl/N-ethyl adjacent to an activating group) is 1. The molecule has 4 rings (SSSR count). The summed E-state index contributed by atoms with van der Waals surface area (Å²) in [4.78, 5) is 15.3. The van der Waals surface area contributed by atoms with Crippen molar-refractivity contribution in [2.24, 2.45) is 0 Å². The zero-order chi connectivity index (χ0) is 27.5. The molecule has 0 atom stereocenters. The first-order valence-corrected chi connectivity index (χ1v) is 15.7. The summed E-state index contributed by atoms with van der Waals surface area (Å²) < 4.78 is 60.9. The molecule has 1 amide bonds. The van der Waals surface area contributed by atoms with E-state index in [1.807, 2.05) is 7.05 Å². The minimum absolute atomic E-state index is 0.0675. The van der Waals surface area contributed by atoms with Gasteiger partial charge in [0.25, 0.3) is 0 Å². The van der Waals surface area contributed by atoms with E-state index < -0.39 is 20.0 Å². The first-order chi connectivity index (χ1) is 18.0. The van der Waals surface area contributed by atoms with E-state index in [0.29, 0.717) is 61.8 Å². The van der Waals surface area contributed by atoms with Crippen molar-refractivity contribution >= 4 is 31.6 Å². The average Bonchev–Trinajstić information content (AvgIpc) is 3.45. The van der Waals surface area contributed by atoms with Crippen LogP contribution < -0.4 is 10.1 Å². The maximum Gasteiger partial charge on any atom is 0.243 e. The summed E-state index contributed by atoms with van der Waals surface area (Å²) in [5.41, 5.74) is 1.62. The van der Waals surface area contributed by atoms with E-state index in [0.717, 1.165) is 12.8 Å². The highest BCUT2D eigenvalue weighted by molar-refractivity contribution is 7.89. The predicted molar refractivity (Wildman–Crippen MR) is 145 cm³/mol. The van der Waals surface area contributed by atoms with Crippen molar-refractivity contribution < 1.29 is 26.4 Å². The van der Waals surface area contributed by atoms with Gasteiger partial charge in [-0.2, -0.15) is 8.61 Å². The fourth-order valence-corrected chi connectivity index (χ4v) is 8.02. The number of aryl methyl sites for hydroxylation is 2. The molecule has 0 saturated carbocycles. The minimum atomic E-state index is -3.69. The highest BCUT2D eigenvalue weighted by Gasteiger charge is 2.30. The number of sulfonamides is 2. The molecule has 0 spiro atoms. The third kappa shape index (κ3) is 6.20. The van der Waals surface area contributed by atoms with Crippen molar-refractivity contribution in [3.8, 4) is 5.75 Å². The van der Waals surface area contributed by atoms with Crippen LogP contribution in [0.5, 0.6) is 5.75 Å². The molecule has 2 saturated heterocycles. The van der Waals surface area contributed by atoms with Crippen LogP contribution in [-0.4, -0.2) is 89.7 Å². The van der Waals surface area contributed by atoms with Crippen molar-refractivity contribution in [1.82, 2.24) is 13.5 Å². The Kier molecular flexibility index (Phi) is 8.78. The zero-order valence-electron chi connectivity index (χ0n) is 22.1. The Morgan fingerprint density at radius 1 is 0.895 bits per heavy atom. The SMILES string of the molecule is COc1ccc(S(=O)(=O)N2CCCC2)cc1CCC(=O)Nc1ccc(C)c(S(=O)(=O)N2CCN(C)CC2)c1. The van der Waals surface area contributed by atoms with E-state index >= 15 is 0 Å². The third-order valence-corrected chi connectivity index (χ3v) is 11.1. The van der Waals surface area contributed by atoms with Gasteiger partial charge in [0.15, 0.2) is 0 Å². The second kappa shape index (κ2) is 11.7. The number of hydrogen-bond acceptors (Lipinski definition) is 7. The molecule has 1 N–H and O–H groups in total. The van der Waals surface area contributed by atoms with Crippen LogP contribution >= 0.6 is 0 Å². The van der Waals surface area contributed by atoms with Gasteiger partial charge in [0.2, 0.25) is 26.0 Å². The number of nitrogens with one attached hydrogen (secondary N) is 1. The van der Waals surface area contributed by atoms with Gasteiger partial charge in [0.1, 0.15) is 5.75 Å². The summed E-state index contributed by atoms with van der Waals surface area (Å²) in [6, 6.07) is 9.60. The van der Waals surface area contributed by atoms with E-state index in [9.17, 15) is 21.6 Å². The number of carbonyl (C=O) groups is 1. The number of carbonyl (C=O) groups excluding carboxylic acids is 1. The quantitative estimate of drug-likeness (QED) is 0.497. The normalized spacial score (nSPS) is 18.0. The van der Waals surface area contributed by atoms with Crippen LogP contribution in [0.15, 0.2) is 46.2 Å². The van der Waals surface area contributed by atoms with Crippen molar-refractivity contribution in [2.45, 2.75) is 42.4 Å². The van der Waals surface area contributed by atoms with Gasteiger partial charge in [-0.25, -0.2) is 16.8 Å². The van der Waals surface area contributed by atoms with Crippen LogP contribution in [0.2, 0.25) is 0 Å². The fraction of sp³-hybridized carbons (Fsp3) is 0.500. The first kappa shape index (κ1) is 28.5. The number of rotatable bonds is 9. The number of amides is 1. The molecule has 208 valence electrons. The summed E-state index contributed by atoms with van der Waals surface area (Å²) >= 11 is 0. The fourth-order valence-electron chi connectivity index (χ4n) is 4.78. The van der Waals surface area contributed by atoms with Crippen LogP contribution in [0.25, 0.3) is 0 Å². The molecule has 2 aromatic carbocycles. The van der Waals surface area contributed by atoms with Crippen molar-refractivity contribution in [1.29, 1.82) is 0 Å². The lowest BCUT2D eigenvalue weighted by atomic mass is 10.1. The lowest BCUT2D eigenvalue weighted by molar-refractivity contribution is -0.116. The number of methoxy groups -OCH3 is 1. The second-order valence-electron chi connectivity index (χ2n) is 9.82. The Balaban J connectivity index is 1.46. The number of hydrogen-bond donors (Lipinski definition) is 1. The highest BCUT2D eigenvalue weighted by Crippen LogP contribution is 2.28. The zero-order valence-corrected chi connectivity index (χ0v) is 23.8. The van der Waals surface area contributed by atoms with E-state index in [1.54, 1.807) is 31.2 Å². The van der Waals surface area contributed by atoms with Crippen molar-refractivity contribution in [3.63, 3.8) is 0 Å². The number of piperazine rings is 1. The summed E-state index contributed by atoms with van der Waals surface area (Å²) in [5, 5.41) is 2.79. The number of anilines is 1. The second-order valence-corrected chi connectivity index (χ2v) is 13.7. The Hall–Kier alpha value is -2.51. The molecule has 2 aliphatic rings. The maximum absolute atomic E-state index is 13.3. The molecular formula is C26H36N4O6S2. The Morgan fingerprint density at radius 2 is 1.55 bits per heavy atom. The van der Waals surface area contributed by atoms with Crippen LogP contribution in [-0.2, 0) is 31.3 Å². The van der Waals surface area contributed by atoms with Gasteiger partial charge in [0, 0.05) is 51.4 Å². The number of benzene rings is 2. The topological polar surface area (TPSA) is 116 Å². The van der Waals surface area contributed by atoms with Crippen molar-refractivity contribution in [2.75, 3.05) is 58.7 Å². The summed E-state index contributed by atoms with van der Waals surface area (Å²) in [6.45, 7) is 4.93. The molecule has 12 heteroatoms. The van der Waals surface area contributed by atoms with Gasteiger partial charge in [-0.3, -0.25) is 4.79 Å². The molecule has 2 aliphatic heterocycles. The molecule has 0 aromatic heterocycles. The standard InChI is InChI=1S/C26H36N4O6S2/c1-20-6-8-22(19-25(20)38(34,35)30-16-14-28(2)15-17-30)27-26(31)11-7-21-18-23(9-10-24(21)36-3)37(32,33)29-12-4-5-13-29/h6,8-10,18-19H,4-5,7,11-17H2,1-3H3,(H,27,31).